The van der Waals surface area contributed by atoms with Crippen molar-refractivity contribution in [3.63, 3.8) is 0 Å². The summed E-state index contributed by atoms with van der Waals surface area (Å²) in [6.45, 7) is 10.7. The molecule has 2 heteroatoms. The number of benzene rings is 1. The van der Waals surface area contributed by atoms with E-state index in [9.17, 15) is 0 Å². The monoisotopic (exact) mass is 249 g/mol. The maximum absolute atomic E-state index is 5.71. The molecular weight excluding hydrogens is 222 g/mol. The quantitative estimate of drug-likeness (QED) is 0.796. The van der Waals surface area contributed by atoms with E-state index >= 15 is 0 Å². The van der Waals surface area contributed by atoms with Gasteiger partial charge in [-0.3, -0.25) is 0 Å². The molecule has 0 saturated carbocycles. The predicted molar refractivity (Wildman–Crippen MR) is 78.3 cm³/mol. The highest BCUT2D eigenvalue weighted by atomic mass is 16.5. The van der Waals surface area contributed by atoms with Crippen molar-refractivity contribution in [1.29, 1.82) is 0 Å². The summed E-state index contributed by atoms with van der Waals surface area (Å²) >= 11 is 0. The minimum Gasteiger partial charge on any atom is -0.493 e. The molecule has 0 aliphatic carbocycles. The molecule has 1 rings (SSSR count). The summed E-state index contributed by atoms with van der Waals surface area (Å²) in [5.41, 5.74) is 1.39. The molecule has 1 aromatic carbocycles. The summed E-state index contributed by atoms with van der Waals surface area (Å²) in [4.78, 5) is 0. The third-order valence-electron chi connectivity index (χ3n) is 3.12. The molecule has 2 nitrogen and oxygen atoms in total. The summed E-state index contributed by atoms with van der Waals surface area (Å²) in [6, 6.07) is 8.56. The van der Waals surface area contributed by atoms with Crippen molar-refractivity contribution in [3.05, 3.63) is 29.8 Å². The van der Waals surface area contributed by atoms with Gasteiger partial charge in [-0.1, -0.05) is 39.8 Å². The summed E-state index contributed by atoms with van der Waals surface area (Å²) < 4.78 is 5.71. The second-order valence-corrected chi connectivity index (χ2v) is 5.68. The molecule has 1 N–H and O–H groups in total. The van der Waals surface area contributed by atoms with Crippen LogP contribution in [0, 0.1) is 11.8 Å². The van der Waals surface area contributed by atoms with Crippen LogP contribution in [0.3, 0.4) is 0 Å². The van der Waals surface area contributed by atoms with Crippen LogP contribution in [0.2, 0.25) is 0 Å². The Morgan fingerprint density at radius 1 is 1.06 bits per heavy atom. The molecular formula is C16H27NO. The highest BCUT2D eigenvalue weighted by Gasteiger charge is 2.14. The molecule has 0 amide bonds. The lowest BCUT2D eigenvalue weighted by Crippen LogP contribution is -2.21. The average molecular weight is 249 g/mol. The van der Waals surface area contributed by atoms with Gasteiger partial charge in [-0.2, -0.15) is 0 Å². The van der Waals surface area contributed by atoms with Crippen LogP contribution in [-0.2, 0) is 0 Å². The van der Waals surface area contributed by atoms with Crippen molar-refractivity contribution in [2.45, 2.75) is 33.6 Å². The number of hydrogen-bond donors (Lipinski definition) is 1. The molecule has 0 radical (unpaired) electrons. The van der Waals surface area contributed by atoms with Gasteiger partial charge in [0.15, 0.2) is 0 Å². The molecule has 1 unspecified atom stereocenters. The third-order valence-corrected chi connectivity index (χ3v) is 3.12. The first-order chi connectivity index (χ1) is 8.54. The first kappa shape index (κ1) is 15.0. The molecule has 18 heavy (non-hydrogen) atoms. The van der Waals surface area contributed by atoms with Gasteiger partial charge in [0.2, 0.25) is 0 Å². The molecule has 0 aliphatic rings. The standard InChI is InChI=1S/C16H27NO/c1-12(2)11-18-15-8-6-14(7-9-15)16(10-17-5)13(3)4/h6-9,12-13,16-17H,10-11H2,1-5H3. The summed E-state index contributed by atoms with van der Waals surface area (Å²) in [5.74, 6) is 2.74. The topological polar surface area (TPSA) is 21.3 Å². The van der Waals surface area contributed by atoms with Crippen LogP contribution in [0.4, 0.5) is 0 Å². The molecule has 0 aromatic heterocycles. The zero-order valence-electron chi connectivity index (χ0n) is 12.4. The van der Waals surface area contributed by atoms with Crippen molar-refractivity contribution in [1.82, 2.24) is 5.32 Å². The SMILES string of the molecule is CNCC(c1ccc(OCC(C)C)cc1)C(C)C. The van der Waals surface area contributed by atoms with Crippen molar-refractivity contribution < 1.29 is 4.74 Å². The fourth-order valence-corrected chi connectivity index (χ4v) is 2.03. The van der Waals surface area contributed by atoms with E-state index in [-0.39, 0.29) is 0 Å². The Kier molecular flexibility index (Phi) is 6.20. The van der Waals surface area contributed by atoms with Crippen LogP contribution in [-0.4, -0.2) is 20.2 Å². The van der Waals surface area contributed by atoms with Gasteiger partial charge in [-0.15, -0.1) is 0 Å². The molecule has 102 valence electrons. The first-order valence-electron chi connectivity index (χ1n) is 6.92. The number of ether oxygens (including phenoxy) is 1. The van der Waals surface area contributed by atoms with Gasteiger partial charge in [0.25, 0.3) is 0 Å². The fourth-order valence-electron chi connectivity index (χ4n) is 2.03. The highest BCUT2D eigenvalue weighted by molar-refractivity contribution is 5.30. The van der Waals surface area contributed by atoms with Crippen molar-refractivity contribution in [3.8, 4) is 5.75 Å². The maximum atomic E-state index is 5.71. The first-order valence-corrected chi connectivity index (χ1v) is 6.92. The minimum absolute atomic E-state index is 0.564. The van der Waals surface area contributed by atoms with Crippen molar-refractivity contribution in [2.75, 3.05) is 20.2 Å². The lowest BCUT2D eigenvalue weighted by molar-refractivity contribution is 0.271. The number of likely N-dealkylation sites (N-methyl/N-ethyl adjacent to an activating group) is 1. The van der Waals surface area contributed by atoms with E-state index in [1.165, 1.54) is 5.56 Å². The Morgan fingerprint density at radius 2 is 1.67 bits per heavy atom. The normalized spacial score (nSPS) is 13.1. The van der Waals surface area contributed by atoms with E-state index in [4.69, 9.17) is 4.74 Å². The number of rotatable bonds is 7. The Balaban J connectivity index is 2.68. The van der Waals surface area contributed by atoms with Gasteiger partial charge in [-0.05, 0) is 42.5 Å². The Morgan fingerprint density at radius 3 is 2.11 bits per heavy atom. The Bertz CT molecular complexity index is 329. The second kappa shape index (κ2) is 7.42. The lowest BCUT2D eigenvalue weighted by Gasteiger charge is -2.21. The van der Waals surface area contributed by atoms with E-state index < -0.39 is 0 Å². The number of hydrogen-bond acceptors (Lipinski definition) is 2. The van der Waals surface area contributed by atoms with Gasteiger partial charge in [0.1, 0.15) is 5.75 Å². The van der Waals surface area contributed by atoms with Crippen LogP contribution < -0.4 is 10.1 Å². The van der Waals surface area contributed by atoms with Crippen molar-refractivity contribution >= 4 is 0 Å². The zero-order chi connectivity index (χ0) is 13.5. The molecule has 0 spiro atoms. The zero-order valence-corrected chi connectivity index (χ0v) is 12.4. The average Bonchev–Trinajstić information content (AvgIpc) is 2.34. The fraction of sp³-hybridized carbons (Fsp3) is 0.625. The van der Waals surface area contributed by atoms with Gasteiger partial charge in [0, 0.05) is 6.54 Å². The van der Waals surface area contributed by atoms with Gasteiger partial charge in [0.05, 0.1) is 6.61 Å². The summed E-state index contributed by atoms with van der Waals surface area (Å²) in [7, 11) is 2.01. The van der Waals surface area contributed by atoms with Gasteiger partial charge in [-0.25, -0.2) is 0 Å². The Labute approximate surface area is 112 Å². The summed E-state index contributed by atoms with van der Waals surface area (Å²) in [6.07, 6.45) is 0. The third kappa shape index (κ3) is 4.69. The number of nitrogens with one attached hydrogen (secondary N) is 1. The maximum Gasteiger partial charge on any atom is 0.119 e. The lowest BCUT2D eigenvalue weighted by atomic mass is 9.88. The van der Waals surface area contributed by atoms with Crippen LogP contribution in [0.25, 0.3) is 0 Å². The molecule has 0 bridgehead atoms. The van der Waals surface area contributed by atoms with E-state index in [1.807, 2.05) is 7.05 Å². The van der Waals surface area contributed by atoms with Crippen LogP contribution in [0.5, 0.6) is 5.75 Å². The van der Waals surface area contributed by atoms with E-state index in [0.29, 0.717) is 17.8 Å². The van der Waals surface area contributed by atoms with E-state index in [2.05, 4.69) is 57.3 Å². The molecule has 0 heterocycles. The van der Waals surface area contributed by atoms with E-state index in [1.54, 1.807) is 0 Å². The summed E-state index contributed by atoms with van der Waals surface area (Å²) in [5, 5.41) is 3.27. The van der Waals surface area contributed by atoms with Crippen LogP contribution in [0.15, 0.2) is 24.3 Å². The predicted octanol–water partition coefficient (Wildman–Crippen LogP) is 3.68. The van der Waals surface area contributed by atoms with Crippen LogP contribution in [0.1, 0.15) is 39.2 Å². The van der Waals surface area contributed by atoms with Gasteiger partial charge < -0.3 is 10.1 Å². The highest BCUT2D eigenvalue weighted by Crippen LogP contribution is 2.25. The molecule has 1 atom stereocenters. The van der Waals surface area contributed by atoms with Crippen LogP contribution >= 0.6 is 0 Å². The second-order valence-electron chi connectivity index (χ2n) is 5.68. The smallest absolute Gasteiger partial charge is 0.119 e. The molecule has 1 aromatic rings. The molecule has 0 fully saturated rings. The Hall–Kier alpha value is -1.02. The largest absolute Gasteiger partial charge is 0.493 e. The molecule has 0 saturated heterocycles. The minimum atomic E-state index is 0.564. The molecule has 0 aliphatic heterocycles. The van der Waals surface area contributed by atoms with E-state index in [0.717, 1.165) is 18.9 Å². The van der Waals surface area contributed by atoms with Gasteiger partial charge >= 0.3 is 0 Å². The van der Waals surface area contributed by atoms with Crippen molar-refractivity contribution in [2.24, 2.45) is 11.8 Å².